The van der Waals surface area contributed by atoms with Crippen molar-refractivity contribution in [1.29, 1.82) is 0 Å². The third-order valence-electron chi connectivity index (χ3n) is 7.41. The van der Waals surface area contributed by atoms with Crippen molar-refractivity contribution in [3.63, 3.8) is 0 Å². The lowest BCUT2D eigenvalue weighted by Crippen LogP contribution is -2.55. The van der Waals surface area contributed by atoms with Crippen LogP contribution in [0.4, 0.5) is 4.79 Å². The van der Waals surface area contributed by atoms with Gasteiger partial charge >= 0.3 is 6.03 Å². The minimum Gasteiger partial charge on any atom is -0.323 e. The number of hydrogen-bond donors (Lipinski definition) is 1. The van der Waals surface area contributed by atoms with Gasteiger partial charge in [0.1, 0.15) is 5.54 Å². The summed E-state index contributed by atoms with van der Waals surface area (Å²) in [5.74, 6) is 0.125. The van der Waals surface area contributed by atoms with Gasteiger partial charge in [0.15, 0.2) is 0 Å². The minimum atomic E-state index is -0.747. The quantitative estimate of drug-likeness (QED) is 0.468. The first-order chi connectivity index (χ1) is 15.4. The Morgan fingerprint density at radius 3 is 2.47 bits per heavy atom. The van der Waals surface area contributed by atoms with Crippen molar-refractivity contribution >= 4 is 23.3 Å². The molecule has 3 saturated heterocycles. The molecule has 4 heterocycles. The maximum absolute atomic E-state index is 13.2. The van der Waals surface area contributed by atoms with Gasteiger partial charge in [-0.25, -0.2) is 4.79 Å². The number of nitrogens with zero attached hydrogens (tertiary/aromatic N) is 3. The molecule has 3 aliphatic heterocycles. The molecule has 0 aliphatic carbocycles. The van der Waals surface area contributed by atoms with Crippen molar-refractivity contribution in [2.24, 2.45) is 5.92 Å². The Balaban J connectivity index is 1.31. The molecule has 4 rings (SSSR count). The molecule has 7 heteroatoms. The van der Waals surface area contributed by atoms with E-state index in [0.29, 0.717) is 13.0 Å². The molecule has 0 saturated carbocycles. The van der Waals surface area contributed by atoms with E-state index in [1.165, 1.54) is 47.7 Å². The van der Waals surface area contributed by atoms with Crippen LogP contribution >= 0.6 is 11.3 Å². The van der Waals surface area contributed by atoms with Crippen LogP contribution in [-0.4, -0.2) is 64.9 Å². The maximum Gasteiger partial charge on any atom is 0.325 e. The number of carbonyl (C=O) groups is 2. The molecular weight excluding hydrogens is 420 g/mol. The second kappa shape index (κ2) is 10.1. The van der Waals surface area contributed by atoms with Crippen molar-refractivity contribution in [3.8, 4) is 0 Å². The van der Waals surface area contributed by atoms with E-state index in [0.717, 1.165) is 44.6 Å². The van der Waals surface area contributed by atoms with Crippen molar-refractivity contribution in [2.45, 2.75) is 71.0 Å². The predicted molar refractivity (Wildman–Crippen MR) is 130 cm³/mol. The summed E-state index contributed by atoms with van der Waals surface area (Å²) in [6.45, 7) is 14.5. The van der Waals surface area contributed by atoms with Gasteiger partial charge in [0, 0.05) is 18.0 Å². The molecule has 3 aliphatic rings. The van der Waals surface area contributed by atoms with Gasteiger partial charge in [0.2, 0.25) is 0 Å². The number of amides is 3. The monoisotopic (exact) mass is 458 g/mol. The number of urea groups is 1. The van der Waals surface area contributed by atoms with E-state index >= 15 is 0 Å². The van der Waals surface area contributed by atoms with Crippen LogP contribution in [-0.2, 0) is 17.9 Å². The SMILES string of the molecule is C=C(C)CN1C(=O)NC(CC)(C2CCN(Cc3cc(CN4CCCCC4)cs3)CC2)C1=O. The standard InChI is InChI=1S/C25H38N4O2S/c1-4-25(23(30)29(15-19(2)3)24(31)26-25)21-8-12-28(13-9-21)17-22-14-20(18-32-22)16-27-10-6-5-7-11-27/h14,18,21H,2,4-13,15-17H2,1,3H3,(H,26,31). The van der Waals surface area contributed by atoms with Crippen LogP contribution in [0.1, 0.15) is 62.8 Å². The van der Waals surface area contributed by atoms with Gasteiger partial charge in [0.25, 0.3) is 5.91 Å². The number of hydrogen-bond acceptors (Lipinski definition) is 5. The molecule has 3 fully saturated rings. The van der Waals surface area contributed by atoms with Gasteiger partial charge in [0.05, 0.1) is 6.54 Å². The molecule has 1 atom stereocenters. The van der Waals surface area contributed by atoms with Crippen LogP contribution in [0.3, 0.4) is 0 Å². The van der Waals surface area contributed by atoms with Crippen LogP contribution in [0.15, 0.2) is 23.6 Å². The minimum absolute atomic E-state index is 0.0629. The van der Waals surface area contributed by atoms with E-state index < -0.39 is 5.54 Å². The molecular formula is C25H38N4O2S. The van der Waals surface area contributed by atoms with E-state index in [2.05, 4.69) is 33.1 Å². The highest BCUT2D eigenvalue weighted by Gasteiger charge is 2.54. The molecule has 3 amide bonds. The van der Waals surface area contributed by atoms with Gasteiger partial charge in [-0.05, 0) is 88.1 Å². The van der Waals surface area contributed by atoms with Gasteiger partial charge in [-0.3, -0.25) is 19.5 Å². The summed E-state index contributed by atoms with van der Waals surface area (Å²) in [5, 5.41) is 5.40. The fourth-order valence-corrected chi connectivity index (χ4v) is 6.56. The zero-order chi connectivity index (χ0) is 22.7. The molecule has 0 bridgehead atoms. The lowest BCUT2D eigenvalue weighted by Gasteiger charge is -2.40. The third-order valence-corrected chi connectivity index (χ3v) is 8.38. The topological polar surface area (TPSA) is 55.9 Å². The van der Waals surface area contributed by atoms with Crippen molar-refractivity contribution < 1.29 is 9.59 Å². The molecule has 32 heavy (non-hydrogen) atoms. The fraction of sp³-hybridized carbons (Fsp3) is 0.680. The summed E-state index contributed by atoms with van der Waals surface area (Å²) in [6.07, 6.45) is 6.55. The van der Waals surface area contributed by atoms with Crippen LogP contribution < -0.4 is 5.32 Å². The first-order valence-corrected chi connectivity index (χ1v) is 13.1. The summed E-state index contributed by atoms with van der Waals surface area (Å²) < 4.78 is 0. The summed E-state index contributed by atoms with van der Waals surface area (Å²) in [7, 11) is 0. The molecule has 6 nitrogen and oxygen atoms in total. The number of thiophene rings is 1. The fourth-order valence-electron chi connectivity index (χ4n) is 5.64. The number of nitrogens with one attached hydrogen (secondary N) is 1. The molecule has 1 N–H and O–H groups in total. The van der Waals surface area contributed by atoms with E-state index in [1.807, 2.05) is 25.2 Å². The zero-order valence-corrected chi connectivity index (χ0v) is 20.5. The van der Waals surface area contributed by atoms with Crippen LogP contribution in [0, 0.1) is 5.92 Å². The van der Waals surface area contributed by atoms with Crippen molar-refractivity contribution in [3.05, 3.63) is 34.0 Å². The molecule has 176 valence electrons. The third kappa shape index (κ3) is 4.95. The van der Waals surface area contributed by atoms with E-state index in [4.69, 9.17) is 0 Å². The first kappa shape index (κ1) is 23.5. The highest BCUT2D eigenvalue weighted by molar-refractivity contribution is 7.10. The maximum atomic E-state index is 13.2. The Hall–Kier alpha value is -1.70. The zero-order valence-electron chi connectivity index (χ0n) is 19.7. The Kier molecular flexibility index (Phi) is 7.37. The smallest absolute Gasteiger partial charge is 0.323 e. The van der Waals surface area contributed by atoms with Gasteiger partial charge in [-0.1, -0.05) is 25.5 Å². The molecule has 0 aromatic carbocycles. The predicted octanol–water partition coefficient (Wildman–Crippen LogP) is 4.22. The molecule has 1 aromatic rings. The van der Waals surface area contributed by atoms with E-state index in [-0.39, 0.29) is 17.9 Å². The Labute approximate surface area is 196 Å². The van der Waals surface area contributed by atoms with E-state index in [1.54, 1.807) is 0 Å². The Morgan fingerprint density at radius 2 is 1.81 bits per heavy atom. The Morgan fingerprint density at radius 1 is 1.12 bits per heavy atom. The average Bonchev–Trinajstić information content (AvgIpc) is 3.32. The van der Waals surface area contributed by atoms with Crippen LogP contribution in [0.2, 0.25) is 0 Å². The van der Waals surface area contributed by atoms with Crippen LogP contribution in [0.5, 0.6) is 0 Å². The second-order valence-electron chi connectivity index (χ2n) is 9.91. The van der Waals surface area contributed by atoms with Gasteiger partial charge in [-0.15, -0.1) is 11.3 Å². The second-order valence-corrected chi connectivity index (χ2v) is 10.9. The lowest BCUT2D eigenvalue weighted by molar-refractivity contribution is -0.134. The molecule has 1 aromatic heterocycles. The summed E-state index contributed by atoms with van der Waals surface area (Å²) in [6, 6.07) is 2.12. The number of likely N-dealkylation sites (tertiary alicyclic amines) is 2. The van der Waals surface area contributed by atoms with Gasteiger partial charge < -0.3 is 5.32 Å². The van der Waals surface area contributed by atoms with Crippen LogP contribution in [0.25, 0.3) is 0 Å². The van der Waals surface area contributed by atoms with Crippen molar-refractivity contribution in [1.82, 2.24) is 20.0 Å². The first-order valence-electron chi connectivity index (χ1n) is 12.2. The molecule has 1 unspecified atom stereocenters. The van der Waals surface area contributed by atoms with E-state index in [9.17, 15) is 9.59 Å². The van der Waals surface area contributed by atoms with Crippen molar-refractivity contribution in [2.75, 3.05) is 32.7 Å². The summed E-state index contributed by atoms with van der Waals surface area (Å²) in [5.41, 5.74) is 1.53. The Bertz CT molecular complexity index is 839. The number of rotatable bonds is 8. The molecule has 0 radical (unpaired) electrons. The number of piperidine rings is 2. The lowest BCUT2D eigenvalue weighted by atomic mass is 9.75. The largest absolute Gasteiger partial charge is 0.325 e. The summed E-state index contributed by atoms with van der Waals surface area (Å²) in [4.78, 5) is 33.6. The number of carbonyl (C=O) groups excluding carboxylic acids is 2. The van der Waals surface area contributed by atoms with Gasteiger partial charge in [-0.2, -0.15) is 0 Å². The molecule has 0 spiro atoms. The summed E-state index contributed by atoms with van der Waals surface area (Å²) >= 11 is 1.87. The highest BCUT2D eigenvalue weighted by Crippen LogP contribution is 2.36. The average molecular weight is 459 g/mol. The normalized spacial score (nSPS) is 26.0. The number of imide groups is 1. The highest BCUT2D eigenvalue weighted by atomic mass is 32.1.